The van der Waals surface area contributed by atoms with Gasteiger partial charge in [-0.25, -0.2) is 8.42 Å². The van der Waals surface area contributed by atoms with Gasteiger partial charge < -0.3 is 10.2 Å². The van der Waals surface area contributed by atoms with Crippen molar-refractivity contribution in [3.8, 4) is 0 Å². The molecule has 8 heteroatoms. The first-order valence-electron chi connectivity index (χ1n) is 14.9. The van der Waals surface area contributed by atoms with E-state index in [0.717, 1.165) is 28.7 Å². The van der Waals surface area contributed by atoms with Crippen LogP contribution in [0.1, 0.15) is 41.2 Å². The molecule has 4 rings (SSSR count). The van der Waals surface area contributed by atoms with E-state index >= 15 is 0 Å². The van der Waals surface area contributed by atoms with Crippen molar-refractivity contribution < 1.29 is 18.0 Å². The van der Waals surface area contributed by atoms with Gasteiger partial charge in [-0.15, -0.1) is 0 Å². The molecular weight excluding hydrogens is 570 g/mol. The molecule has 1 N–H and O–H groups in total. The van der Waals surface area contributed by atoms with Gasteiger partial charge in [0.05, 0.1) is 10.6 Å². The van der Waals surface area contributed by atoms with Gasteiger partial charge in [0.25, 0.3) is 10.0 Å². The second-order valence-corrected chi connectivity index (χ2v) is 13.0. The molecule has 0 fully saturated rings. The molecule has 7 nitrogen and oxygen atoms in total. The smallest absolute Gasteiger partial charge is 0.264 e. The van der Waals surface area contributed by atoms with Crippen LogP contribution in [0, 0.1) is 20.8 Å². The summed E-state index contributed by atoms with van der Waals surface area (Å²) in [5.74, 6) is -0.753. The SMILES string of the molecule is CCCNC(=O)[C@H](Cc1ccccc1)N(Cc1ccc(C)cc1)C(=O)CN(c1ccccc1C)S(=O)(=O)c1ccc(C)cc1. The third-order valence-corrected chi connectivity index (χ3v) is 9.34. The largest absolute Gasteiger partial charge is 0.354 e. The average Bonchev–Trinajstić information content (AvgIpc) is 3.02. The normalized spacial score (nSPS) is 11.9. The van der Waals surface area contributed by atoms with E-state index in [1.54, 1.807) is 36.4 Å². The summed E-state index contributed by atoms with van der Waals surface area (Å²) in [5.41, 5.74) is 4.86. The number of hydrogen-bond acceptors (Lipinski definition) is 4. The molecule has 0 bridgehead atoms. The van der Waals surface area contributed by atoms with Crippen molar-refractivity contribution in [2.45, 2.75) is 58.0 Å². The van der Waals surface area contributed by atoms with Gasteiger partial charge in [0.2, 0.25) is 11.8 Å². The van der Waals surface area contributed by atoms with E-state index in [9.17, 15) is 18.0 Å². The Labute approximate surface area is 261 Å². The number of carbonyl (C=O) groups excluding carboxylic acids is 2. The van der Waals surface area contributed by atoms with Crippen LogP contribution in [-0.2, 0) is 32.6 Å². The van der Waals surface area contributed by atoms with Crippen molar-refractivity contribution in [1.82, 2.24) is 10.2 Å². The number of hydrogen-bond donors (Lipinski definition) is 1. The van der Waals surface area contributed by atoms with E-state index in [1.165, 1.54) is 9.21 Å². The molecule has 0 saturated carbocycles. The summed E-state index contributed by atoms with van der Waals surface area (Å²) in [7, 11) is -4.13. The first-order chi connectivity index (χ1) is 21.1. The number of benzene rings is 4. The number of carbonyl (C=O) groups is 2. The molecule has 0 aliphatic rings. The molecule has 0 unspecified atom stereocenters. The lowest BCUT2D eigenvalue weighted by Crippen LogP contribution is -2.53. The summed E-state index contributed by atoms with van der Waals surface area (Å²) in [6, 6.07) is 30.2. The quantitative estimate of drug-likeness (QED) is 0.202. The molecule has 44 heavy (non-hydrogen) atoms. The second kappa shape index (κ2) is 14.8. The summed E-state index contributed by atoms with van der Waals surface area (Å²) in [6.07, 6.45) is 1.02. The zero-order valence-electron chi connectivity index (χ0n) is 25.9. The summed E-state index contributed by atoms with van der Waals surface area (Å²) >= 11 is 0. The third kappa shape index (κ3) is 8.14. The molecule has 1 atom stereocenters. The van der Waals surface area contributed by atoms with Gasteiger partial charge in [-0.1, -0.05) is 103 Å². The molecular formula is C36H41N3O4S. The fraction of sp³-hybridized carbons (Fsp3) is 0.278. The van der Waals surface area contributed by atoms with Crippen LogP contribution in [0.3, 0.4) is 0 Å². The van der Waals surface area contributed by atoms with E-state index in [1.807, 2.05) is 94.4 Å². The molecule has 4 aromatic carbocycles. The molecule has 0 saturated heterocycles. The number of nitrogens with zero attached hydrogens (tertiary/aromatic N) is 2. The molecule has 0 aromatic heterocycles. The average molecular weight is 612 g/mol. The van der Waals surface area contributed by atoms with Crippen LogP contribution in [-0.4, -0.2) is 44.3 Å². The number of amides is 2. The Kier molecular flexibility index (Phi) is 11.0. The Balaban J connectivity index is 1.80. The zero-order chi connectivity index (χ0) is 31.7. The van der Waals surface area contributed by atoms with Crippen molar-refractivity contribution in [3.63, 3.8) is 0 Å². The van der Waals surface area contributed by atoms with Gasteiger partial charge in [0.15, 0.2) is 0 Å². The minimum absolute atomic E-state index is 0.0887. The molecule has 0 spiro atoms. The van der Waals surface area contributed by atoms with Gasteiger partial charge >= 0.3 is 0 Å². The highest BCUT2D eigenvalue weighted by atomic mass is 32.2. The lowest BCUT2D eigenvalue weighted by molar-refractivity contribution is -0.140. The monoisotopic (exact) mass is 611 g/mol. The van der Waals surface area contributed by atoms with Gasteiger partial charge in [-0.05, 0) is 62.1 Å². The molecule has 4 aromatic rings. The van der Waals surface area contributed by atoms with Crippen molar-refractivity contribution in [1.29, 1.82) is 0 Å². The van der Waals surface area contributed by atoms with Crippen LogP contribution >= 0.6 is 0 Å². The standard InChI is InChI=1S/C36H41N3O4S/c1-5-23-37-36(41)34(24-30-12-7-6-8-13-30)38(25-31-19-15-27(2)16-20-31)35(40)26-39(33-14-10-9-11-29(33)4)44(42,43)32-21-17-28(3)18-22-32/h6-22,34H,5,23-26H2,1-4H3,(H,37,41)/t34-/m0/s1. The first kappa shape index (κ1) is 32.5. The molecule has 0 heterocycles. The minimum atomic E-state index is -4.13. The van der Waals surface area contributed by atoms with Gasteiger partial charge in [-0.2, -0.15) is 0 Å². The second-order valence-electron chi connectivity index (χ2n) is 11.1. The third-order valence-electron chi connectivity index (χ3n) is 7.57. The van der Waals surface area contributed by atoms with Crippen LogP contribution in [0.2, 0.25) is 0 Å². The van der Waals surface area contributed by atoms with Crippen molar-refractivity contribution in [2.24, 2.45) is 0 Å². The van der Waals surface area contributed by atoms with E-state index in [0.29, 0.717) is 17.8 Å². The van der Waals surface area contributed by atoms with Crippen LogP contribution in [0.15, 0.2) is 108 Å². The van der Waals surface area contributed by atoms with Gasteiger partial charge in [0.1, 0.15) is 12.6 Å². The molecule has 0 aliphatic carbocycles. The molecule has 230 valence electrons. The summed E-state index contributed by atoms with van der Waals surface area (Å²) in [4.78, 5) is 29.8. The number of para-hydroxylation sites is 1. The van der Waals surface area contributed by atoms with Crippen LogP contribution in [0.4, 0.5) is 5.69 Å². The summed E-state index contributed by atoms with van der Waals surface area (Å²) < 4.78 is 29.5. The van der Waals surface area contributed by atoms with E-state index in [2.05, 4.69) is 5.32 Å². The fourth-order valence-corrected chi connectivity index (χ4v) is 6.48. The Morgan fingerprint density at radius 3 is 1.95 bits per heavy atom. The van der Waals surface area contributed by atoms with Gasteiger partial charge in [-0.3, -0.25) is 13.9 Å². The maximum absolute atomic E-state index is 14.5. The van der Waals surface area contributed by atoms with E-state index in [-0.39, 0.29) is 23.8 Å². The number of rotatable bonds is 13. The molecule has 0 radical (unpaired) electrons. The molecule has 0 aliphatic heterocycles. The topological polar surface area (TPSA) is 86.8 Å². The number of anilines is 1. The van der Waals surface area contributed by atoms with Gasteiger partial charge in [0, 0.05) is 19.5 Å². The number of sulfonamides is 1. The van der Waals surface area contributed by atoms with Crippen molar-refractivity contribution in [3.05, 3.63) is 131 Å². The maximum atomic E-state index is 14.5. The Morgan fingerprint density at radius 1 is 0.750 bits per heavy atom. The lowest BCUT2D eigenvalue weighted by atomic mass is 10.0. The molecule has 2 amide bonds. The Bertz CT molecular complexity index is 1650. The van der Waals surface area contributed by atoms with E-state index < -0.39 is 28.5 Å². The first-order valence-corrected chi connectivity index (χ1v) is 16.4. The predicted molar refractivity (Wildman–Crippen MR) is 176 cm³/mol. The maximum Gasteiger partial charge on any atom is 0.264 e. The minimum Gasteiger partial charge on any atom is -0.354 e. The van der Waals surface area contributed by atoms with E-state index in [4.69, 9.17) is 0 Å². The Hall–Kier alpha value is -4.43. The Morgan fingerprint density at radius 2 is 1.34 bits per heavy atom. The van der Waals surface area contributed by atoms with Crippen molar-refractivity contribution in [2.75, 3.05) is 17.4 Å². The number of aryl methyl sites for hydroxylation is 3. The fourth-order valence-electron chi connectivity index (χ4n) is 5.00. The van der Waals surface area contributed by atoms with Crippen LogP contribution < -0.4 is 9.62 Å². The van der Waals surface area contributed by atoms with Crippen molar-refractivity contribution >= 4 is 27.5 Å². The van der Waals surface area contributed by atoms with Crippen LogP contribution in [0.25, 0.3) is 0 Å². The highest BCUT2D eigenvalue weighted by Crippen LogP contribution is 2.28. The number of nitrogens with one attached hydrogen (secondary N) is 1. The lowest BCUT2D eigenvalue weighted by Gasteiger charge is -2.34. The zero-order valence-corrected chi connectivity index (χ0v) is 26.7. The summed E-state index contributed by atoms with van der Waals surface area (Å²) in [6.45, 7) is 7.79. The predicted octanol–water partition coefficient (Wildman–Crippen LogP) is 5.97. The summed E-state index contributed by atoms with van der Waals surface area (Å²) in [5, 5.41) is 2.97. The highest BCUT2D eigenvalue weighted by molar-refractivity contribution is 7.92. The highest BCUT2D eigenvalue weighted by Gasteiger charge is 2.35. The van der Waals surface area contributed by atoms with Crippen LogP contribution in [0.5, 0.6) is 0 Å².